The number of benzene rings is 1. The second-order valence-electron chi connectivity index (χ2n) is 4.29. The van der Waals surface area contributed by atoms with Crippen molar-refractivity contribution in [1.82, 2.24) is 9.97 Å². The van der Waals surface area contributed by atoms with Crippen molar-refractivity contribution >= 4 is 33.3 Å². The minimum atomic E-state index is -0.546. The minimum Gasteiger partial charge on any atom is -0.309 e. The molecule has 0 saturated carbocycles. The van der Waals surface area contributed by atoms with Gasteiger partial charge in [0.25, 0.3) is 5.69 Å². The van der Waals surface area contributed by atoms with Crippen molar-refractivity contribution < 1.29 is 9.72 Å². The first kappa shape index (κ1) is 15.0. The van der Waals surface area contributed by atoms with Gasteiger partial charge in [-0.15, -0.1) is 0 Å². The first-order valence-corrected chi connectivity index (χ1v) is 6.79. The van der Waals surface area contributed by atoms with Crippen molar-refractivity contribution in [3.63, 3.8) is 0 Å². The number of rotatable bonds is 4. The molecule has 0 radical (unpaired) electrons. The van der Waals surface area contributed by atoms with Crippen LogP contribution >= 0.6 is 15.9 Å². The van der Waals surface area contributed by atoms with Crippen molar-refractivity contribution in [2.24, 2.45) is 0 Å². The highest BCUT2D eigenvalue weighted by molar-refractivity contribution is 9.10. The lowest BCUT2D eigenvalue weighted by Crippen LogP contribution is -2.19. The van der Waals surface area contributed by atoms with Crippen LogP contribution in [0.4, 0.5) is 11.5 Å². The van der Waals surface area contributed by atoms with Gasteiger partial charge in [-0.25, -0.2) is 9.97 Å². The van der Waals surface area contributed by atoms with Gasteiger partial charge in [0, 0.05) is 12.1 Å². The number of carbonyl (C=O) groups is 1. The zero-order valence-corrected chi connectivity index (χ0v) is 12.6. The fourth-order valence-corrected chi connectivity index (χ4v) is 1.88. The summed E-state index contributed by atoms with van der Waals surface area (Å²) in [6, 6.07) is 5.99. The second kappa shape index (κ2) is 6.40. The molecule has 2 rings (SSSR count). The van der Waals surface area contributed by atoms with Crippen molar-refractivity contribution in [3.8, 4) is 0 Å². The van der Waals surface area contributed by atoms with Gasteiger partial charge < -0.3 is 5.32 Å². The zero-order chi connectivity index (χ0) is 15.4. The quantitative estimate of drug-likeness (QED) is 0.675. The van der Waals surface area contributed by atoms with Crippen molar-refractivity contribution in [2.75, 3.05) is 5.32 Å². The van der Waals surface area contributed by atoms with Crippen LogP contribution in [0.3, 0.4) is 0 Å². The Morgan fingerprint density at radius 3 is 2.76 bits per heavy atom. The summed E-state index contributed by atoms with van der Waals surface area (Å²) < 4.78 is 0.562. The average molecular weight is 351 g/mol. The Morgan fingerprint density at radius 2 is 2.14 bits per heavy atom. The molecule has 0 spiro atoms. The molecule has 1 amide bonds. The molecule has 7 nitrogen and oxygen atoms in total. The van der Waals surface area contributed by atoms with Gasteiger partial charge in [-0.05, 0) is 28.4 Å². The number of nitrogens with zero attached hydrogens (tertiary/aromatic N) is 3. The number of nitro groups is 1. The third-order valence-corrected chi connectivity index (χ3v) is 3.26. The zero-order valence-electron chi connectivity index (χ0n) is 11.0. The Hall–Kier alpha value is -2.35. The maximum absolute atomic E-state index is 12.1. The van der Waals surface area contributed by atoms with Crippen molar-refractivity contribution in [1.29, 1.82) is 0 Å². The molecule has 1 atom stereocenters. The molecule has 0 bridgehead atoms. The standard InChI is InChI=1S/C13H11BrN4O3/c1-8(9-3-2-4-10(5-9)18(20)21)13(19)17-12-7-15-11(14)6-16-12/h2-8H,1H3,(H,16,17,19). The predicted molar refractivity (Wildman–Crippen MR) is 79.9 cm³/mol. The summed E-state index contributed by atoms with van der Waals surface area (Å²) in [7, 11) is 0. The van der Waals surface area contributed by atoms with E-state index >= 15 is 0 Å². The maximum atomic E-state index is 12.1. The van der Waals surface area contributed by atoms with Crippen LogP contribution < -0.4 is 5.32 Å². The van der Waals surface area contributed by atoms with E-state index in [0.717, 1.165) is 0 Å². The predicted octanol–water partition coefficient (Wildman–Crippen LogP) is 2.89. The molecule has 0 aliphatic carbocycles. The number of amides is 1. The van der Waals surface area contributed by atoms with E-state index in [0.29, 0.717) is 16.0 Å². The number of nitro benzene ring substituents is 1. The molecule has 108 valence electrons. The molecule has 2 aromatic rings. The summed E-state index contributed by atoms with van der Waals surface area (Å²) in [4.78, 5) is 30.3. The third kappa shape index (κ3) is 3.82. The van der Waals surface area contributed by atoms with E-state index in [1.54, 1.807) is 19.1 Å². The maximum Gasteiger partial charge on any atom is 0.269 e. The molecule has 1 N–H and O–H groups in total. The highest BCUT2D eigenvalue weighted by Crippen LogP contribution is 2.21. The van der Waals surface area contributed by atoms with E-state index in [-0.39, 0.29) is 11.6 Å². The number of hydrogen-bond acceptors (Lipinski definition) is 5. The van der Waals surface area contributed by atoms with Gasteiger partial charge in [0.2, 0.25) is 5.91 Å². The highest BCUT2D eigenvalue weighted by Gasteiger charge is 2.18. The van der Waals surface area contributed by atoms with Crippen LogP contribution in [0, 0.1) is 10.1 Å². The van der Waals surface area contributed by atoms with Gasteiger partial charge in [-0.1, -0.05) is 12.1 Å². The summed E-state index contributed by atoms with van der Waals surface area (Å²) in [5, 5.41) is 13.4. The van der Waals surface area contributed by atoms with Crippen LogP contribution in [0.5, 0.6) is 0 Å². The van der Waals surface area contributed by atoms with Crippen LogP contribution in [0.2, 0.25) is 0 Å². The van der Waals surface area contributed by atoms with Crippen molar-refractivity contribution in [3.05, 3.63) is 56.9 Å². The lowest BCUT2D eigenvalue weighted by Gasteiger charge is -2.11. The number of non-ortho nitro benzene ring substituents is 1. The Morgan fingerprint density at radius 1 is 1.38 bits per heavy atom. The van der Waals surface area contributed by atoms with E-state index in [2.05, 4.69) is 31.2 Å². The van der Waals surface area contributed by atoms with Gasteiger partial charge in [0.05, 0.1) is 23.2 Å². The first-order valence-electron chi connectivity index (χ1n) is 6.00. The molecule has 0 fully saturated rings. The number of nitrogens with one attached hydrogen (secondary N) is 1. The van der Waals surface area contributed by atoms with E-state index in [1.807, 2.05) is 0 Å². The fraction of sp³-hybridized carbons (Fsp3) is 0.154. The molecule has 21 heavy (non-hydrogen) atoms. The summed E-state index contributed by atoms with van der Waals surface area (Å²) >= 11 is 3.15. The average Bonchev–Trinajstić information content (AvgIpc) is 2.49. The van der Waals surface area contributed by atoms with E-state index in [4.69, 9.17) is 0 Å². The van der Waals surface area contributed by atoms with Crippen LogP contribution in [-0.4, -0.2) is 20.8 Å². The molecule has 1 aromatic carbocycles. The van der Waals surface area contributed by atoms with Gasteiger partial charge in [-0.2, -0.15) is 0 Å². The summed E-state index contributed by atoms with van der Waals surface area (Å²) in [6.45, 7) is 1.67. The smallest absolute Gasteiger partial charge is 0.269 e. The number of hydrogen-bond donors (Lipinski definition) is 1. The molecule has 0 aliphatic heterocycles. The van der Waals surface area contributed by atoms with Gasteiger partial charge >= 0.3 is 0 Å². The molecule has 0 saturated heterocycles. The highest BCUT2D eigenvalue weighted by atomic mass is 79.9. The number of carbonyl (C=O) groups excluding carboxylic acids is 1. The molecule has 1 heterocycles. The molecule has 8 heteroatoms. The topological polar surface area (TPSA) is 98.0 Å². The number of anilines is 1. The summed E-state index contributed by atoms with van der Waals surface area (Å²) in [5.74, 6) is -0.539. The molecular weight excluding hydrogens is 340 g/mol. The van der Waals surface area contributed by atoms with Gasteiger partial charge in [0.15, 0.2) is 5.82 Å². The normalized spacial score (nSPS) is 11.7. The second-order valence-corrected chi connectivity index (χ2v) is 5.10. The van der Waals surface area contributed by atoms with E-state index in [9.17, 15) is 14.9 Å². The minimum absolute atomic E-state index is 0.0458. The third-order valence-electron chi connectivity index (χ3n) is 2.85. The Labute approximate surface area is 128 Å². The Kier molecular flexibility index (Phi) is 4.59. The SMILES string of the molecule is CC(C(=O)Nc1cnc(Br)cn1)c1cccc([N+](=O)[O-])c1. The van der Waals surface area contributed by atoms with Crippen LogP contribution in [0.1, 0.15) is 18.4 Å². The van der Waals surface area contributed by atoms with Crippen LogP contribution in [0.15, 0.2) is 41.3 Å². The van der Waals surface area contributed by atoms with E-state index in [1.165, 1.54) is 24.5 Å². The molecular formula is C13H11BrN4O3. The monoisotopic (exact) mass is 350 g/mol. The lowest BCUT2D eigenvalue weighted by atomic mass is 10.00. The largest absolute Gasteiger partial charge is 0.309 e. The summed E-state index contributed by atoms with van der Waals surface area (Å²) in [5.41, 5.74) is 0.516. The van der Waals surface area contributed by atoms with Crippen LogP contribution in [-0.2, 0) is 4.79 Å². The summed E-state index contributed by atoms with van der Waals surface area (Å²) in [6.07, 6.45) is 2.88. The van der Waals surface area contributed by atoms with E-state index < -0.39 is 10.8 Å². The lowest BCUT2D eigenvalue weighted by molar-refractivity contribution is -0.384. The Balaban J connectivity index is 2.13. The molecule has 1 unspecified atom stereocenters. The first-order chi connectivity index (χ1) is 9.97. The Bertz CT molecular complexity index is 675. The van der Waals surface area contributed by atoms with Crippen molar-refractivity contribution in [2.45, 2.75) is 12.8 Å². The van der Waals surface area contributed by atoms with Gasteiger partial charge in [-0.3, -0.25) is 14.9 Å². The number of aromatic nitrogens is 2. The fourth-order valence-electron chi connectivity index (χ4n) is 1.67. The van der Waals surface area contributed by atoms with Crippen LogP contribution in [0.25, 0.3) is 0 Å². The van der Waals surface area contributed by atoms with Gasteiger partial charge in [0.1, 0.15) is 4.60 Å². The molecule has 0 aliphatic rings. The number of halogens is 1. The molecule has 1 aromatic heterocycles.